The molecule has 0 aromatic carbocycles. The van der Waals surface area contributed by atoms with Gasteiger partial charge in [0.05, 0.1) is 12.0 Å². The SMILES string of the molecule is CCC(=O)O[C@@]1(C(=O)CCl)[C@@H](C)C[C@@H]2[C@H]3CCC4=CC(=O)C=C[C@@]4(C)[C@@]3(F)[C@@H](O)C[C@@]21C. The minimum Gasteiger partial charge on any atom is -0.450 e. The first-order chi connectivity index (χ1) is 14.9. The molecular formula is C25H32ClFO5. The lowest BCUT2D eigenvalue weighted by Crippen LogP contribution is -2.70. The topological polar surface area (TPSA) is 80.7 Å². The summed E-state index contributed by atoms with van der Waals surface area (Å²) in [6.45, 7) is 7.13. The fraction of sp³-hybridized carbons (Fsp3) is 0.720. The average Bonchev–Trinajstić information content (AvgIpc) is 2.96. The molecule has 4 aliphatic carbocycles. The highest BCUT2D eigenvalue weighted by Crippen LogP contribution is 2.71. The minimum atomic E-state index is -1.99. The van der Waals surface area contributed by atoms with Crippen LogP contribution in [0.15, 0.2) is 23.8 Å². The summed E-state index contributed by atoms with van der Waals surface area (Å²) in [5.74, 6) is -2.57. The summed E-state index contributed by atoms with van der Waals surface area (Å²) in [7, 11) is 0. The second-order valence-electron chi connectivity index (χ2n) is 10.5. The van der Waals surface area contributed by atoms with Crippen LogP contribution in [-0.2, 0) is 19.1 Å². The summed E-state index contributed by atoms with van der Waals surface area (Å²) in [4.78, 5) is 37.7. The van der Waals surface area contributed by atoms with Gasteiger partial charge < -0.3 is 9.84 Å². The van der Waals surface area contributed by atoms with Crippen molar-refractivity contribution in [1.82, 2.24) is 0 Å². The molecule has 3 fully saturated rings. The number of fused-ring (bicyclic) bond motifs is 5. The molecule has 0 aliphatic heterocycles. The molecule has 0 radical (unpaired) electrons. The maximum absolute atomic E-state index is 17.2. The van der Waals surface area contributed by atoms with E-state index < -0.39 is 40.1 Å². The Morgan fingerprint density at radius 1 is 1.31 bits per heavy atom. The lowest BCUT2D eigenvalue weighted by molar-refractivity contribution is -0.227. The molecule has 0 unspecified atom stereocenters. The van der Waals surface area contributed by atoms with Crippen molar-refractivity contribution in [2.75, 3.05) is 5.88 Å². The van der Waals surface area contributed by atoms with Crippen LogP contribution in [0.3, 0.4) is 0 Å². The first kappa shape index (κ1) is 23.6. The van der Waals surface area contributed by atoms with Gasteiger partial charge in [-0.2, -0.15) is 0 Å². The van der Waals surface area contributed by atoms with Crippen LogP contribution in [0, 0.1) is 28.6 Å². The van der Waals surface area contributed by atoms with Crippen LogP contribution < -0.4 is 0 Å². The molecular weight excluding hydrogens is 435 g/mol. The number of halogens is 2. The van der Waals surface area contributed by atoms with Crippen molar-refractivity contribution in [2.24, 2.45) is 28.6 Å². The maximum atomic E-state index is 17.2. The lowest BCUT2D eigenvalue weighted by atomic mass is 9.44. The van der Waals surface area contributed by atoms with Gasteiger partial charge in [0.1, 0.15) is 0 Å². The van der Waals surface area contributed by atoms with Gasteiger partial charge >= 0.3 is 5.97 Å². The second-order valence-corrected chi connectivity index (χ2v) is 10.8. The largest absolute Gasteiger partial charge is 0.450 e. The van der Waals surface area contributed by atoms with E-state index in [4.69, 9.17) is 16.3 Å². The monoisotopic (exact) mass is 466 g/mol. The van der Waals surface area contributed by atoms with E-state index in [1.165, 1.54) is 12.2 Å². The molecule has 5 nitrogen and oxygen atoms in total. The fourth-order valence-corrected chi connectivity index (χ4v) is 7.95. The van der Waals surface area contributed by atoms with Crippen LogP contribution in [0.25, 0.3) is 0 Å². The molecule has 176 valence electrons. The van der Waals surface area contributed by atoms with Gasteiger partial charge in [0.25, 0.3) is 0 Å². The van der Waals surface area contributed by atoms with Gasteiger partial charge in [-0.25, -0.2) is 4.39 Å². The van der Waals surface area contributed by atoms with Crippen LogP contribution in [0.4, 0.5) is 4.39 Å². The zero-order valence-electron chi connectivity index (χ0n) is 19.1. The second kappa shape index (κ2) is 7.49. The van der Waals surface area contributed by atoms with E-state index >= 15 is 4.39 Å². The van der Waals surface area contributed by atoms with E-state index in [1.807, 2.05) is 13.8 Å². The number of alkyl halides is 2. The molecule has 0 bridgehead atoms. The first-order valence-electron chi connectivity index (χ1n) is 11.5. The van der Waals surface area contributed by atoms with E-state index in [0.717, 1.165) is 0 Å². The van der Waals surface area contributed by atoms with Crippen LogP contribution in [0.2, 0.25) is 0 Å². The van der Waals surface area contributed by atoms with Gasteiger partial charge in [0.2, 0.25) is 0 Å². The number of esters is 1. The van der Waals surface area contributed by atoms with E-state index in [1.54, 1.807) is 19.9 Å². The fourth-order valence-electron chi connectivity index (χ4n) is 7.75. The molecule has 1 N–H and O–H groups in total. The summed E-state index contributed by atoms with van der Waals surface area (Å²) < 4.78 is 23.1. The third-order valence-corrected chi connectivity index (χ3v) is 9.52. The van der Waals surface area contributed by atoms with Crippen LogP contribution in [-0.4, -0.2) is 45.9 Å². The molecule has 32 heavy (non-hydrogen) atoms. The van der Waals surface area contributed by atoms with Crippen LogP contribution >= 0.6 is 11.6 Å². The summed E-state index contributed by atoms with van der Waals surface area (Å²) in [6.07, 6.45) is 4.67. The molecule has 0 aromatic rings. The zero-order valence-corrected chi connectivity index (χ0v) is 19.9. The maximum Gasteiger partial charge on any atom is 0.306 e. The molecule has 4 rings (SSSR count). The summed E-state index contributed by atoms with van der Waals surface area (Å²) in [5.41, 5.74) is -4.83. The molecule has 4 aliphatic rings. The van der Waals surface area contributed by atoms with E-state index in [-0.39, 0.29) is 42.1 Å². The smallest absolute Gasteiger partial charge is 0.306 e. The van der Waals surface area contributed by atoms with Gasteiger partial charge in [0.15, 0.2) is 22.8 Å². The predicted octanol–water partition coefficient (Wildman–Crippen LogP) is 4.10. The van der Waals surface area contributed by atoms with E-state index in [0.29, 0.717) is 24.8 Å². The number of hydrogen-bond acceptors (Lipinski definition) is 5. The standard InChI is InChI=1S/C25H32ClFO5/c1-5-21(31)32-25(20(30)13-26)14(2)10-18-17-7-6-15-11-16(28)8-9-22(15,3)24(17,27)19(29)12-23(18,25)4/h8-9,11,14,17-19,29H,5-7,10,12-13H2,1-4H3/t14-,17+,18+,19-,22+,23-,24-,25+/m0/s1. The molecule has 0 amide bonds. The minimum absolute atomic E-state index is 0.0285. The zero-order chi connectivity index (χ0) is 23.7. The highest BCUT2D eigenvalue weighted by Gasteiger charge is 2.77. The Balaban J connectivity index is 1.85. The number of allylic oxidation sites excluding steroid dienone is 4. The number of aliphatic hydroxyl groups is 1. The van der Waals surface area contributed by atoms with Gasteiger partial charge in [-0.3, -0.25) is 14.4 Å². The molecule has 0 aromatic heterocycles. The van der Waals surface area contributed by atoms with Crippen molar-refractivity contribution in [2.45, 2.75) is 77.2 Å². The normalized spacial score (nSPS) is 47.2. The lowest BCUT2D eigenvalue weighted by Gasteiger charge is -2.62. The Morgan fingerprint density at radius 2 is 2.00 bits per heavy atom. The third kappa shape index (κ3) is 2.68. The number of carbonyl (C=O) groups is 3. The van der Waals surface area contributed by atoms with Crippen LogP contribution in [0.5, 0.6) is 0 Å². The number of ketones is 2. The number of rotatable bonds is 4. The number of aliphatic hydroxyl groups excluding tert-OH is 1. The number of carbonyl (C=O) groups excluding carboxylic acids is 3. The molecule has 7 heteroatoms. The molecule has 3 saturated carbocycles. The Bertz CT molecular complexity index is 929. The highest BCUT2D eigenvalue weighted by molar-refractivity contribution is 6.29. The summed E-state index contributed by atoms with van der Waals surface area (Å²) in [5, 5.41) is 11.4. The molecule has 0 saturated heterocycles. The Kier molecular flexibility index (Phi) is 5.53. The first-order valence-corrected chi connectivity index (χ1v) is 12.1. The van der Waals surface area contributed by atoms with Crippen molar-refractivity contribution in [3.05, 3.63) is 23.8 Å². The summed E-state index contributed by atoms with van der Waals surface area (Å²) >= 11 is 6.01. The number of Topliss-reactive ketones (excluding diaryl/α,β-unsaturated/α-hetero) is 1. The predicted molar refractivity (Wildman–Crippen MR) is 118 cm³/mol. The van der Waals surface area contributed by atoms with Crippen molar-refractivity contribution in [3.63, 3.8) is 0 Å². The third-order valence-electron chi connectivity index (χ3n) is 9.28. The van der Waals surface area contributed by atoms with E-state index in [9.17, 15) is 19.5 Å². The molecule has 0 heterocycles. The van der Waals surface area contributed by atoms with Crippen molar-refractivity contribution < 1.29 is 28.6 Å². The number of ether oxygens (including phenoxy) is 1. The average molecular weight is 467 g/mol. The van der Waals surface area contributed by atoms with Gasteiger partial charge in [-0.1, -0.05) is 32.4 Å². The van der Waals surface area contributed by atoms with Crippen molar-refractivity contribution >= 4 is 29.1 Å². The van der Waals surface area contributed by atoms with Crippen LogP contribution in [0.1, 0.15) is 59.8 Å². The quantitative estimate of drug-likeness (QED) is 0.498. The molecule has 8 atom stereocenters. The highest BCUT2D eigenvalue weighted by atomic mass is 35.5. The Labute approximate surface area is 193 Å². The Morgan fingerprint density at radius 3 is 2.62 bits per heavy atom. The molecule has 0 spiro atoms. The summed E-state index contributed by atoms with van der Waals surface area (Å²) in [6, 6.07) is 0. The van der Waals surface area contributed by atoms with Gasteiger partial charge in [0, 0.05) is 29.1 Å². The van der Waals surface area contributed by atoms with Gasteiger partial charge in [-0.15, -0.1) is 11.6 Å². The van der Waals surface area contributed by atoms with Crippen molar-refractivity contribution in [1.29, 1.82) is 0 Å². The number of hydrogen-bond donors (Lipinski definition) is 1. The van der Waals surface area contributed by atoms with E-state index in [2.05, 4.69) is 0 Å². The van der Waals surface area contributed by atoms with Crippen molar-refractivity contribution in [3.8, 4) is 0 Å². The van der Waals surface area contributed by atoms with Gasteiger partial charge in [-0.05, 0) is 50.7 Å². The Hall–Kier alpha value is -1.53.